The summed E-state index contributed by atoms with van der Waals surface area (Å²) in [5.74, 6) is -0.551. The summed E-state index contributed by atoms with van der Waals surface area (Å²) >= 11 is 0. The lowest BCUT2D eigenvalue weighted by Crippen LogP contribution is -2.44. The lowest BCUT2D eigenvalue weighted by molar-refractivity contribution is -0.497. The number of rotatable bonds is 5. The van der Waals surface area contributed by atoms with Crippen molar-refractivity contribution in [2.24, 2.45) is 5.92 Å². The van der Waals surface area contributed by atoms with Gasteiger partial charge in [0.2, 0.25) is 11.9 Å². The van der Waals surface area contributed by atoms with Crippen molar-refractivity contribution in [1.82, 2.24) is 10.2 Å². The number of nitro groups is 1. The summed E-state index contributed by atoms with van der Waals surface area (Å²) in [4.78, 5) is 24.2. The molecule has 1 saturated heterocycles. The van der Waals surface area contributed by atoms with Crippen LogP contribution in [-0.2, 0) is 4.79 Å². The number of piperidine rings is 1. The van der Waals surface area contributed by atoms with Gasteiger partial charge >= 0.3 is 0 Å². The third kappa shape index (κ3) is 3.41. The number of hydrogen-bond donors (Lipinski definition) is 1. The molecule has 2 rings (SSSR count). The number of carbonyl (C=O) groups excluding carboxylic acids is 1. The Bertz CT molecular complexity index is 329. The smallest absolute Gasteiger partial charge is 0.230 e. The monoisotopic (exact) mass is 255 g/mol. The van der Waals surface area contributed by atoms with Crippen LogP contribution in [0.4, 0.5) is 0 Å². The molecule has 2 aliphatic rings. The fraction of sp³-hybridized carbons (Fsp3) is 0.917. The zero-order valence-corrected chi connectivity index (χ0v) is 10.8. The van der Waals surface area contributed by atoms with Gasteiger partial charge in [0, 0.05) is 23.9 Å². The van der Waals surface area contributed by atoms with Gasteiger partial charge in [-0.1, -0.05) is 6.42 Å². The quantitative estimate of drug-likeness (QED) is 0.578. The average Bonchev–Trinajstić information content (AvgIpc) is 3.09. The summed E-state index contributed by atoms with van der Waals surface area (Å²) in [7, 11) is 0. The highest BCUT2D eigenvalue weighted by molar-refractivity contribution is 5.82. The van der Waals surface area contributed by atoms with E-state index in [1.165, 1.54) is 19.3 Å². The maximum atomic E-state index is 11.7. The summed E-state index contributed by atoms with van der Waals surface area (Å²) in [5, 5.41) is 13.4. The second-order valence-corrected chi connectivity index (χ2v) is 5.47. The van der Waals surface area contributed by atoms with E-state index in [4.69, 9.17) is 0 Å². The van der Waals surface area contributed by atoms with Gasteiger partial charge in [-0.15, -0.1) is 0 Å². The highest BCUT2D eigenvalue weighted by Gasteiger charge is 2.53. The van der Waals surface area contributed by atoms with Gasteiger partial charge in [-0.2, -0.15) is 0 Å². The highest BCUT2D eigenvalue weighted by Crippen LogP contribution is 2.33. The molecule has 1 N–H and O–H groups in total. The maximum Gasteiger partial charge on any atom is 0.230 e. The Labute approximate surface area is 107 Å². The van der Waals surface area contributed by atoms with Crippen molar-refractivity contribution in [3.8, 4) is 0 Å². The molecule has 6 heteroatoms. The molecule has 1 aliphatic heterocycles. The van der Waals surface area contributed by atoms with Crippen LogP contribution in [-0.4, -0.2) is 47.4 Å². The predicted molar refractivity (Wildman–Crippen MR) is 66.8 cm³/mol. The molecule has 0 spiro atoms. The van der Waals surface area contributed by atoms with Crippen molar-refractivity contribution in [1.29, 1.82) is 0 Å². The molecule has 0 bridgehead atoms. The molecule has 0 aromatic heterocycles. The normalized spacial score (nSPS) is 29.6. The Hall–Kier alpha value is -1.17. The Morgan fingerprint density at radius 1 is 1.44 bits per heavy atom. The van der Waals surface area contributed by atoms with Crippen LogP contribution < -0.4 is 5.32 Å². The van der Waals surface area contributed by atoms with Crippen LogP contribution in [0.3, 0.4) is 0 Å². The van der Waals surface area contributed by atoms with Gasteiger partial charge < -0.3 is 10.2 Å². The van der Waals surface area contributed by atoms with E-state index in [0.717, 1.165) is 19.6 Å². The summed E-state index contributed by atoms with van der Waals surface area (Å²) in [6, 6.07) is -0.573. The van der Waals surface area contributed by atoms with Gasteiger partial charge in [-0.3, -0.25) is 14.9 Å². The Morgan fingerprint density at radius 2 is 2.11 bits per heavy atom. The lowest BCUT2D eigenvalue weighted by Gasteiger charge is -2.29. The largest absolute Gasteiger partial charge is 0.352 e. The molecule has 6 nitrogen and oxygen atoms in total. The van der Waals surface area contributed by atoms with E-state index < -0.39 is 12.0 Å². The lowest BCUT2D eigenvalue weighted by atomic mass is 10.1. The van der Waals surface area contributed by atoms with Crippen LogP contribution in [0.2, 0.25) is 0 Å². The Balaban J connectivity index is 1.69. The SMILES string of the molecule is CC(CN1CCCCC1)NC(=O)C1CC1[N+](=O)[O-]. The Morgan fingerprint density at radius 3 is 2.67 bits per heavy atom. The number of nitrogens with one attached hydrogen (secondary N) is 1. The van der Waals surface area contributed by atoms with E-state index in [1.54, 1.807) is 0 Å². The first kappa shape index (κ1) is 13.3. The van der Waals surface area contributed by atoms with Crippen LogP contribution in [0.5, 0.6) is 0 Å². The van der Waals surface area contributed by atoms with Gasteiger partial charge in [0.1, 0.15) is 5.92 Å². The summed E-state index contributed by atoms with van der Waals surface area (Å²) in [6.07, 6.45) is 4.15. The average molecular weight is 255 g/mol. The predicted octanol–water partition coefficient (Wildman–Crippen LogP) is 0.642. The number of hydrogen-bond acceptors (Lipinski definition) is 4. The van der Waals surface area contributed by atoms with E-state index in [-0.39, 0.29) is 16.9 Å². The molecule has 18 heavy (non-hydrogen) atoms. The van der Waals surface area contributed by atoms with Gasteiger partial charge in [-0.25, -0.2) is 0 Å². The zero-order valence-electron chi connectivity index (χ0n) is 10.8. The highest BCUT2D eigenvalue weighted by atomic mass is 16.6. The van der Waals surface area contributed by atoms with Crippen molar-refractivity contribution in [3.05, 3.63) is 10.1 Å². The molecular formula is C12H21N3O3. The molecule has 1 aliphatic carbocycles. The minimum atomic E-state index is -0.646. The molecule has 1 amide bonds. The maximum absolute atomic E-state index is 11.7. The summed E-state index contributed by atoms with van der Waals surface area (Å²) in [5.41, 5.74) is 0. The van der Waals surface area contributed by atoms with Crippen molar-refractivity contribution < 1.29 is 9.72 Å². The molecule has 0 aromatic rings. The second-order valence-electron chi connectivity index (χ2n) is 5.47. The minimum Gasteiger partial charge on any atom is -0.352 e. The van der Waals surface area contributed by atoms with E-state index in [0.29, 0.717) is 6.42 Å². The minimum absolute atomic E-state index is 0.0728. The van der Waals surface area contributed by atoms with Gasteiger partial charge in [0.15, 0.2) is 0 Å². The van der Waals surface area contributed by atoms with E-state index in [2.05, 4.69) is 10.2 Å². The van der Waals surface area contributed by atoms with E-state index in [9.17, 15) is 14.9 Å². The standard InChI is InChI=1S/C12H21N3O3/c1-9(8-14-5-3-2-4-6-14)13-12(16)10-7-11(10)15(17)18/h9-11H,2-8H2,1H3,(H,13,16). The third-order valence-corrected chi connectivity index (χ3v) is 3.73. The van der Waals surface area contributed by atoms with Crippen LogP contribution in [0.25, 0.3) is 0 Å². The topological polar surface area (TPSA) is 75.5 Å². The molecule has 3 atom stereocenters. The fourth-order valence-electron chi connectivity index (χ4n) is 2.62. The molecule has 2 fully saturated rings. The van der Waals surface area contributed by atoms with Crippen molar-refractivity contribution in [2.75, 3.05) is 19.6 Å². The fourth-order valence-corrected chi connectivity index (χ4v) is 2.62. The molecular weight excluding hydrogens is 234 g/mol. The second kappa shape index (κ2) is 5.65. The summed E-state index contributed by atoms with van der Waals surface area (Å²) in [6.45, 7) is 5.01. The molecule has 1 saturated carbocycles. The first-order valence-corrected chi connectivity index (χ1v) is 6.74. The van der Waals surface area contributed by atoms with Crippen LogP contribution in [0.1, 0.15) is 32.6 Å². The zero-order chi connectivity index (χ0) is 13.1. The van der Waals surface area contributed by atoms with Crippen LogP contribution >= 0.6 is 0 Å². The van der Waals surface area contributed by atoms with E-state index >= 15 is 0 Å². The van der Waals surface area contributed by atoms with Crippen molar-refractivity contribution in [2.45, 2.75) is 44.7 Å². The third-order valence-electron chi connectivity index (χ3n) is 3.73. The van der Waals surface area contributed by atoms with Crippen molar-refractivity contribution >= 4 is 5.91 Å². The Kier molecular flexibility index (Phi) is 4.16. The van der Waals surface area contributed by atoms with Gasteiger partial charge in [0.25, 0.3) is 0 Å². The summed E-state index contributed by atoms with van der Waals surface area (Å²) < 4.78 is 0. The molecule has 3 unspecified atom stereocenters. The number of carbonyl (C=O) groups is 1. The van der Waals surface area contributed by atoms with Crippen LogP contribution in [0, 0.1) is 16.0 Å². The number of nitrogens with zero attached hydrogens (tertiary/aromatic N) is 2. The number of amides is 1. The van der Waals surface area contributed by atoms with Gasteiger partial charge in [0.05, 0.1) is 0 Å². The van der Waals surface area contributed by atoms with Crippen LogP contribution in [0.15, 0.2) is 0 Å². The van der Waals surface area contributed by atoms with E-state index in [1.807, 2.05) is 6.92 Å². The van der Waals surface area contributed by atoms with Gasteiger partial charge in [-0.05, 0) is 32.9 Å². The molecule has 1 heterocycles. The first-order valence-electron chi connectivity index (χ1n) is 6.74. The molecule has 0 aromatic carbocycles. The first-order chi connectivity index (χ1) is 8.58. The van der Waals surface area contributed by atoms with Crippen molar-refractivity contribution in [3.63, 3.8) is 0 Å². The molecule has 0 radical (unpaired) electrons. The molecule has 102 valence electrons. The number of likely N-dealkylation sites (tertiary alicyclic amines) is 1.